The summed E-state index contributed by atoms with van der Waals surface area (Å²) in [6.45, 7) is 0. The van der Waals surface area contributed by atoms with Crippen molar-refractivity contribution in [2.24, 2.45) is 12.0 Å². The highest BCUT2D eigenvalue weighted by molar-refractivity contribution is 5.91. The minimum Gasteiger partial charge on any atom is -0.336 e. The maximum absolute atomic E-state index is 14.3. The van der Waals surface area contributed by atoms with Crippen LogP contribution in [0.15, 0.2) is 41.9 Å². The third kappa shape index (κ3) is 2.30. The Morgan fingerprint density at radius 2 is 2.08 bits per heavy atom. The van der Waals surface area contributed by atoms with E-state index in [9.17, 15) is 4.39 Å². The summed E-state index contributed by atoms with van der Waals surface area (Å²) in [5.41, 5.74) is 3.97. The number of aromatic nitrogens is 6. The van der Waals surface area contributed by atoms with Crippen molar-refractivity contribution < 1.29 is 4.39 Å². The largest absolute Gasteiger partial charge is 0.336 e. The summed E-state index contributed by atoms with van der Waals surface area (Å²) in [4.78, 5) is 20.2. The van der Waals surface area contributed by atoms with Crippen LogP contribution in [0.4, 0.5) is 4.39 Å². The van der Waals surface area contributed by atoms with E-state index in [0.717, 1.165) is 16.6 Å². The molecule has 0 bridgehead atoms. The van der Waals surface area contributed by atoms with Crippen molar-refractivity contribution in [2.75, 3.05) is 0 Å². The SMILES string of the molecule is Cn1cc(-c2nc3nccc(-c4cnc(C5C=N5)c(F)c4)c3[nH]2)cn1. The number of nitrogens with one attached hydrogen (secondary N) is 1. The van der Waals surface area contributed by atoms with Crippen LogP contribution in [0.5, 0.6) is 0 Å². The molecule has 0 saturated carbocycles. The first-order chi connectivity index (χ1) is 12.2. The Labute approximate surface area is 141 Å². The molecule has 5 heterocycles. The van der Waals surface area contributed by atoms with Gasteiger partial charge in [0.2, 0.25) is 0 Å². The van der Waals surface area contributed by atoms with Crippen LogP contribution in [0.3, 0.4) is 0 Å². The van der Waals surface area contributed by atoms with E-state index in [1.54, 1.807) is 29.5 Å². The second-order valence-corrected chi connectivity index (χ2v) is 5.88. The number of aryl methyl sites for hydroxylation is 1. The molecule has 7 nitrogen and oxygen atoms in total. The lowest BCUT2D eigenvalue weighted by Gasteiger charge is -2.05. The van der Waals surface area contributed by atoms with Crippen molar-refractivity contribution in [1.82, 2.24) is 29.7 Å². The van der Waals surface area contributed by atoms with Gasteiger partial charge in [0.05, 0.1) is 17.3 Å². The van der Waals surface area contributed by atoms with E-state index in [1.165, 1.54) is 6.07 Å². The molecule has 0 spiro atoms. The number of aliphatic imine (C=N–C) groups is 1. The lowest BCUT2D eigenvalue weighted by atomic mass is 10.1. The van der Waals surface area contributed by atoms with Gasteiger partial charge in [0.15, 0.2) is 5.65 Å². The average molecular weight is 333 g/mol. The van der Waals surface area contributed by atoms with Crippen molar-refractivity contribution in [3.63, 3.8) is 0 Å². The summed E-state index contributed by atoms with van der Waals surface area (Å²) in [7, 11) is 1.84. The fourth-order valence-corrected chi connectivity index (χ4v) is 2.83. The first kappa shape index (κ1) is 14.0. The molecule has 0 radical (unpaired) electrons. The fraction of sp³-hybridized carbons (Fsp3) is 0.118. The molecule has 1 aliphatic rings. The van der Waals surface area contributed by atoms with Gasteiger partial charge in [-0.25, -0.2) is 14.4 Å². The van der Waals surface area contributed by atoms with Crippen LogP contribution < -0.4 is 0 Å². The van der Waals surface area contributed by atoms with Crippen LogP contribution >= 0.6 is 0 Å². The standard InChI is InChI=1S/C17H12FN7/c1-25-8-10(6-22-25)16-23-14-11(2-3-19-17(14)24-16)9-4-12(18)15(21-5-9)13-7-20-13/h2-8,13H,1H3,(H,19,23,24). The fourth-order valence-electron chi connectivity index (χ4n) is 2.83. The average Bonchev–Trinajstić information content (AvgIpc) is 3.20. The number of hydrogen-bond donors (Lipinski definition) is 1. The third-order valence-corrected chi connectivity index (χ3v) is 4.13. The summed E-state index contributed by atoms with van der Waals surface area (Å²) in [6.07, 6.45) is 8.57. The lowest BCUT2D eigenvalue weighted by Crippen LogP contribution is -1.95. The summed E-state index contributed by atoms with van der Waals surface area (Å²) in [5.74, 6) is 0.302. The molecule has 0 aliphatic carbocycles. The topological polar surface area (TPSA) is 84.6 Å². The molecular formula is C17H12FN7. The number of pyridine rings is 2. The van der Waals surface area contributed by atoms with E-state index in [2.05, 4.69) is 30.0 Å². The van der Waals surface area contributed by atoms with Gasteiger partial charge in [0, 0.05) is 43.0 Å². The number of halogens is 1. The molecule has 0 saturated heterocycles. The van der Waals surface area contributed by atoms with Gasteiger partial charge in [0.25, 0.3) is 0 Å². The molecule has 0 amide bonds. The molecule has 4 aromatic heterocycles. The van der Waals surface area contributed by atoms with E-state index in [4.69, 9.17) is 0 Å². The number of fused-ring (bicyclic) bond motifs is 1. The highest BCUT2D eigenvalue weighted by Crippen LogP contribution is 2.31. The molecule has 1 aliphatic heterocycles. The smallest absolute Gasteiger partial charge is 0.178 e. The third-order valence-electron chi connectivity index (χ3n) is 4.13. The zero-order chi connectivity index (χ0) is 17.0. The molecule has 122 valence electrons. The normalized spacial score (nSPS) is 15.8. The molecule has 8 heteroatoms. The Morgan fingerprint density at radius 3 is 2.80 bits per heavy atom. The summed E-state index contributed by atoms with van der Waals surface area (Å²) in [5, 5.41) is 4.15. The van der Waals surface area contributed by atoms with Crippen molar-refractivity contribution in [3.05, 3.63) is 48.4 Å². The summed E-state index contributed by atoms with van der Waals surface area (Å²) in [6, 6.07) is 3.08. The number of aromatic amines is 1. The molecule has 5 rings (SSSR count). The van der Waals surface area contributed by atoms with Gasteiger partial charge in [-0.2, -0.15) is 5.10 Å². The van der Waals surface area contributed by atoms with Gasteiger partial charge in [-0.15, -0.1) is 0 Å². The molecular weight excluding hydrogens is 321 g/mol. The quantitative estimate of drug-likeness (QED) is 0.625. The van der Waals surface area contributed by atoms with Gasteiger partial charge in [-0.3, -0.25) is 14.7 Å². The highest BCUT2D eigenvalue weighted by Gasteiger charge is 2.22. The van der Waals surface area contributed by atoms with Crippen LogP contribution in [0.25, 0.3) is 33.7 Å². The van der Waals surface area contributed by atoms with Gasteiger partial charge in [-0.05, 0) is 12.1 Å². The summed E-state index contributed by atoms with van der Waals surface area (Å²) >= 11 is 0. The van der Waals surface area contributed by atoms with Gasteiger partial charge in [0.1, 0.15) is 23.4 Å². The molecule has 1 N–H and O–H groups in total. The Bertz CT molecular complexity index is 1140. The number of rotatable bonds is 3. The van der Waals surface area contributed by atoms with E-state index in [1.807, 2.05) is 19.3 Å². The van der Waals surface area contributed by atoms with Crippen molar-refractivity contribution in [3.8, 4) is 22.5 Å². The van der Waals surface area contributed by atoms with Crippen LogP contribution in [-0.2, 0) is 7.05 Å². The zero-order valence-electron chi connectivity index (χ0n) is 13.2. The van der Waals surface area contributed by atoms with Crippen molar-refractivity contribution in [2.45, 2.75) is 6.04 Å². The molecule has 1 unspecified atom stereocenters. The van der Waals surface area contributed by atoms with Crippen LogP contribution in [0, 0.1) is 5.82 Å². The zero-order valence-corrected chi connectivity index (χ0v) is 13.2. The van der Waals surface area contributed by atoms with Gasteiger partial charge in [-0.1, -0.05) is 0 Å². The van der Waals surface area contributed by atoms with Crippen LogP contribution in [-0.4, -0.2) is 35.9 Å². The Kier molecular flexibility index (Phi) is 2.81. The molecule has 1 atom stereocenters. The summed E-state index contributed by atoms with van der Waals surface area (Å²) < 4.78 is 16.0. The first-order valence-electron chi connectivity index (χ1n) is 7.72. The van der Waals surface area contributed by atoms with Gasteiger partial charge >= 0.3 is 0 Å². The Balaban J connectivity index is 1.63. The Hall–Kier alpha value is -3.42. The maximum Gasteiger partial charge on any atom is 0.178 e. The van der Waals surface area contributed by atoms with Crippen LogP contribution in [0.1, 0.15) is 11.7 Å². The van der Waals surface area contributed by atoms with Crippen molar-refractivity contribution >= 4 is 17.4 Å². The molecule has 0 aromatic carbocycles. The number of H-pyrrole nitrogens is 1. The van der Waals surface area contributed by atoms with E-state index in [-0.39, 0.29) is 11.9 Å². The van der Waals surface area contributed by atoms with E-state index in [0.29, 0.717) is 22.7 Å². The maximum atomic E-state index is 14.3. The highest BCUT2D eigenvalue weighted by atomic mass is 19.1. The van der Waals surface area contributed by atoms with E-state index >= 15 is 0 Å². The lowest BCUT2D eigenvalue weighted by molar-refractivity contribution is 0.602. The molecule has 4 aromatic rings. The molecule has 25 heavy (non-hydrogen) atoms. The number of nitrogens with zero attached hydrogens (tertiary/aromatic N) is 6. The second-order valence-electron chi connectivity index (χ2n) is 5.88. The van der Waals surface area contributed by atoms with Gasteiger partial charge < -0.3 is 4.98 Å². The second kappa shape index (κ2) is 5.04. The minimum atomic E-state index is -0.364. The first-order valence-corrected chi connectivity index (χ1v) is 7.72. The number of imidazole rings is 1. The van der Waals surface area contributed by atoms with Crippen LogP contribution in [0.2, 0.25) is 0 Å². The minimum absolute atomic E-state index is 0.212. The number of hydrogen-bond acceptors (Lipinski definition) is 5. The van der Waals surface area contributed by atoms with Crippen molar-refractivity contribution in [1.29, 1.82) is 0 Å². The predicted molar refractivity (Wildman–Crippen MR) is 90.5 cm³/mol. The van der Waals surface area contributed by atoms with E-state index < -0.39 is 0 Å². The Morgan fingerprint density at radius 1 is 1.20 bits per heavy atom. The predicted octanol–water partition coefficient (Wildman–Crippen LogP) is 2.69. The monoisotopic (exact) mass is 333 g/mol. The molecule has 0 fully saturated rings.